The number of benzene rings is 2. The molecule has 4 nitrogen and oxygen atoms in total. The molecular formula is C26H29NO3. The Kier molecular flexibility index (Phi) is 5.50. The molecule has 2 heterocycles. The van der Waals surface area contributed by atoms with E-state index in [1.54, 1.807) is 6.92 Å². The lowest BCUT2D eigenvalue weighted by Crippen LogP contribution is -2.48. The largest absolute Gasteiger partial charge is 0.451 e. The summed E-state index contributed by atoms with van der Waals surface area (Å²) in [5.74, 6) is 0.517. The number of hydrogen-bond donors (Lipinski definition) is 0. The number of furan rings is 1. The monoisotopic (exact) mass is 403 g/mol. The van der Waals surface area contributed by atoms with E-state index in [-0.39, 0.29) is 11.7 Å². The highest BCUT2D eigenvalue weighted by atomic mass is 16.3. The van der Waals surface area contributed by atoms with E-state index in [1.165, 1.54) is 5.56 Å². The minimum Gasteiger partial charge on any atom is -0.451 e. The molecule has 1 amide bonds. The zero-order chi connectivity index (χ0) is 21.3. The van der Waals surface area contributed by atoms with Crippen LogP contribution in [0.1, 0.15) is 60.4 Å². The summed E-state index contributed by atoms with van der Waals surface area (Å²) < 4.78 is 5.97. The minimum atomic E-state index is -0.504. The highest BCUT2D eigenvalue weighted by Gasteiger charge is 2.41. The Morgan fingerprint density at radius 3 is 2.40 bits per heavy atom. The number of hydrogen-bond acceptors (Lipinski definition) is 3. The summed E-state index contributed by atoms with van der Waals surface area (Å²) in [6.45, 7) is 6.88. The van der Waals surface area contributed by atoms with Crippen molar-refractivity contribution >= 4 is 22.7 Å². The van der Waals surface area contributed by atoms with Crippen molar-refractivity contribution in [3.8, 4) is 0 Å². The van der Waals surface area contributed by atoms with Crippen LogP contribution in [0.25, 0.3) is 11.0 Å². The van der Waals surface area contributed by atoms with E-state index in [4.69, 9.17) is 4.42 Å². The number of rotatable bonds is 5. The van der Waals surface area contributed by atoms with Gasteiger partial charge in [0.2, 0.25) is 0 Å². The summed E-state index contributed by atoms with van der Waals surface area (Å²) in [5, 5.41) is 1.02. The Bertz CT molecular complexity index is 1070. The molecule has 1 fully saturated rings. The first kappa shape index (κ1) is 20.4. The van der Waals surface area contributed by atoms with Crippen LogP contribution in [0.3, 0.4) is 0 Å². The van der Waals surface area contributed by atoms with Crippen molar-refractivity contribution in [2.45, 2.75) is 51.9 Å². The van der Waals surface area contributed by atoms with Crippen molar-refractivity contribution in [3.63, 3.8) is 0 Å². The van der Waals surface area contributed by atoms with Gasteiger partial charge in [-0.15, -0.1) is 0 Å². The van der Waals surface area contributed by atoms with Crippen LogP contribution >= 0.6 is 0 Å². The predicted molar refractivity (Wildman–Crippen MR) is 119 cm³/mol. The molecule has 0 spiro atoms. The maximum Gasteiger partial charge on any atom is 0.289 e. The number of Topliss-reactive ketones (excluding diaryl/α,β-unsaturated/α-hetero) is 1. The molecule has 0 bridgehead atoms. The van der Waals surface area contributed by atoms with E-state index in [9.17, 15) is 9.59 Å². The van der Waals surface area contributed by atoms with Crippen LogP contribution in [0.4, 0.5) is 0 Å². The van der Waals surface area contributed by atoms with Crippen LogP contribution in [0.5, 0.6) is 0 Å². The fourth-order valence-corrected chi connectivity index (χ4v) is 4.75. The van der Waals surface area contributed by atoms with Crippen LogP contribution in [0.15, 0.2) is 52.9 Å². The van der Waals surface area contributed by atoms with Gasteiger partial charge in [-0.25, -0.2) is 0 Å². The lowest BCUT2D eigenvalue weighted by Gasteiger charge is -2.40. The molecular weight excluding hydrogens is 374 g/mol. The third-order valence-corrected chi connectivity index (χ3v) is 6.64. The number of piperidine rings is 1. The second kappa shape index (κ2) is 8.10. The van der Waals surface area contributed by atoms with E-state index >= 15 is 0 Å². The number of likely N-dealkylation sites (tertiary alicyclic amines) is 1. The Morgan fingerprint density at radius 2 is 1.77 bits per heavy atom. The normalized spacial score (nSPS) is 16.0. The summed E-state index contributed by atoms with van der Waals surface area (Å²) in [4.78, 5) is 27.7. The summed E-state index contributed by atoms with van der Waals surface area (Å²) >= 11 is 0. The van der Waals surface area contributed by atoms with E-state index < -0.39 is 5.41 Å². The van der Waals surface area contributed by atoms with Gasteiger partial charge < -0.3 is 9.32 Å². The zero-order valence-corrected chi connectivity index (χ0v) is 18.0. The van der Waals surface area contributed by atoms with Crippen molar-refractivity contribution in [1.29, 1.82) is 0 Å². The molecule has 1 aliphatic rings. The van der Waals surface area contributed by atoms with Gasteiger partial charge in [0.15, 0.2) is 5.76 Å². The molecule has 0 N–H and O–H groups in total. The standard InChI is InChI=1S/C26H29NO3/c1-4-8-20-11-12-23-22(17-20)18(2)24(30-23)25(29)27-15-13-26(14-16-27,19(3)28)21-9-6-5-7-10-21/h5-7,9-12,17H,4,8,13-16H2,1-3H3. The first-order valence-corrected chi connectivity index (χ1v) is 10.8. The second-order valence-corrected chi connectivity index (χ2v) is 8.43. The quantitative estimate of drug-likeness (QED) is 0.569. The Hall–Kier alpha value is -2.88. The Labute approximate surface area is 177 Å². The first-order valence-electron chi connectivity index (χ1n) is 10.8. The molecule has 1 aromatic heterocycles. The van der Waals surface area contributed by atoms with Crippen molar-refractivity contribution in [2.75, 3.05) is 13.1 Å². The zero-order valence-electron chi connectivity index (χ0n) is 18.0. The van der Waals surface area contributed by atoms with Gasteiger partial charge in [-0.05, 0) is 56.4 Å². The van der Waals surface area contributed by atoms with Crippen molar-refractivity contribution in [1.82, 2.24) is 4.90 Å². The van der Waals surface area contributed by atoms with Crippen LogP contribution in [-0.2, 0) is 16.6 Å². The van der Waals surface area contributed by atoms with Crippen LogP contribution < -0.4 is 0 Å². The number of fused-ring (bicyclic) bond motifs is 1. The summed E-state index contributed by atoms with van der Waals surface area (Å²) in [6, 6.07) is 16.1. The molecule has 0 saturated carbocycles. The Balaban J connectivity index is 1.57. The van der Waals surface area contributed by atoms with Gasteiger partial charge in [0, 0.05) is 24.0 Å². The lowest BCUT2D eigenvalue weighted by molar-refractivity contribution is -0.124. The molecule has 3 aromatic rings. The number of nitrogens with zero attached hydrogens (tertiary/aromatic N) is 1. The number of ketones is 1. The maximum atomic E-state index is 13.3. The second-order valence-electron chi connectivity index (χ2n) is 8.43. The van der Waals surface area contributed by atoms with Gasteiger partial charge in [0.05, 0.1) is 5.41 Å². The molecule has 4 heteroatoms. The number of amides is 1. The van der Waals surface area contributed by atoms with Gasteiger partial charge in [-0.1, -0.05) is 49.7 Å². The number of carbonyl (C=O) groups excluding carboxylic acids is 2. The maximum absolute atomic E-state index is 13.3. The van der Waals surface area contributed by atoms with E-state index in [0.717, 1.165) is 34.9 Å². The first-order chi connectivity index (χ1) is 14.5. The fourth-order valence-electron chi connectivity index (χ4n) is 4.75. The highest BCUT2D eigenvalue weighted by Crippen LogP contribution is 2.37. The molecule has 0 radical (unpaired) electrons. The highest BCUT2D eigenvalue weighted by molar-refractivity contribution is 5.99. The summed E-state index contributed by atoms with van der Waals surface area (Å²) in [6.07, 6.45) is 3.37. The SMILES string of the molecule is CCCc1ccc2oc(C(=O)N3CCC(C(C)=O)(c4ccccc4)CC3)c(C)c2c1. The van der Waals surface area contributed by atoms with Gasteiger partial charge in [-0.3, -0.25) is 9.59 Å². The molecule has 0 unspecified atom stereocenters. The van der Waals surface area contributed by atoms with E-state index in [0.29, 0.717) is 31.7 Å². The van der Waals surface area contributed by atoms with E-state index in [2.05, 4.69) is 19.1 Å². The summed E-state index contributed by atoms with van der Waals surface area (Å²) in [7, 11) is 0. The molecule has 0 aliphatic carbocycles. The molecule has 30 heavy (non-hydrogen) atoms. The van der Waals surface area contributed by atoms with Gasteiger partial charge in [-0.2, -0.15) is 0 Å². The van der Waals surface area contributed by atoms with E-state index in [1.807, 2.05) is 48.2 Å². The molecule has 1 aliphatic heterocycles. The number of aryl methyl sites for hydroxylation is 2. The molecule has 156 valence electrons. The number of carbonyl (C=O) groups is 2. The summed E-state index contributed by atoms with van der Waals surface area (Å²) in [5.41, 5.74) is 3.47. The van der Waals surface area contributed by atoms with Gasteiger partial charge in [0.25, 0.3) is 5.91 Å². The lowest BCUT2D eigenvalue weighted by atomic mass is 9.70. The van der Waals surface area contributed by atoms with Crippen molar-refractivity contribution in [2.24, 2.45) is 0 Å². The molecule has 1 saturated heterocycles. The average molecular weight is 404 g/mol. The average Bonchev–Trinajstić information content (AvgIpc) is 3.10. The minimum absolute atomic E-state index is 0.0778. The van der Waals surface area contributed by atoms with Crippen LogP contribution in [0.2, 0.25) is 0 Å². The molecule has 0 atom stereocenters. The predicted octanol–water partition coefficient (Wildman–Crippen LogP) is 5.46. The third kappa shape index (κ3) is 3.45. The Morgan fingerprint density at radius 1 is 1.07 bits per heavy atom. The van der Waals surface area contributed by atoms with Crippen LogP contribution in [0, 0.1) is 6.92 Å². The molecule has 2 aromatic carbocycles. The smallest absolute Gasteiger partial charge is 0.289 e. The van der Waals surface area contributed by atoms with Crippen molar-refractivity contribution in [3.05, 3.63) is 71.0 Å². The third-order valence-electron chi connectivity index (χ3n) is 6.64. The molecule has 4 rings (SSSR count). The topological polar surface area (TPSA) is 50.5 Å². The van der Waals surface area contributed by atoms with Gasteiger partial charge >= 0.3 is 0 Å². The van der Waals surface area contributed by atoms with Crippen molar-refractivity contribution < 1.29 is 14.0 Å². The van der Waals surface area contributed by atoms with Crippen LogP contribution in [-0.4, -0.2) is 29.7 Å². The fraction of sp³-hybridized carbons (Fsp3) is 0.385. The van der Waals surface area contributed by atoms with Gasteiger partial charge in [0.1, 0.15) is 11.4 Å².